The quantitative estimate of drug-likeness (QED) is 0.642. The molecule has 0 atom stereocenters. The highest BCUT2D eigenvalue weighted by Gasteiger charge is 2.03. The molecule has 0 aliphatic rings. The Kier molecular flexibility index (Phi) is 5.09. The van der Waals surface area contributed by atoms with Crippen LogP contribution in [-0.4, -0.2) is 26.2 Å². The average molecular weight is 296 g/mol. The van der Waals surface area contributed by atoms with Gasteiger partial charge in [0, 0.05) is 12.2 Å². The molecule has 0 saturated carbocycles. The lowest BCUT2D eigenvalue weighted by atomic mass is 9.99. The Morgan fingerprint density at radius 3 is 1.55 bits per heavy atom. The molecule has 4 heteroatoms. The number of esters is 2. The fourth-order valence-electron chi connectivity index (χ4n) is 2.09. The lowest BCUT2D eigenvalue weighted by Crippen LogP contribution is -1.94. The van der Waals surface area contributed by atoms with Crippen LogP contribution in [-0.2, 0) is 19.1 Å². The maximum Gasteiger partial charge on any atom is 0.330 e. The second kappa shape index (κ2) is 7.22. The van der Waals surface area contributed by atoms with E-state index in [1.807, 2.05) is 36.4 Å². The minimum atomic E-state index is -0.404. The van der Waals surface area contributed by atoms with Crippen LogP contribution in [0.5, 0.6) is 0 Å². The van der Waals surface area contributed by atoms with Crippen molar-refractivity contribution in [1.82, 2.24) is 0 Å². The van der Waals surface area contributed by atoms with Crippen molar-refractivity contribution in [3.8, 4) is 0 Å². The fraction of sp³-hybridized carbons (Fsp3) is 0.111. The van der Waals surface area contributed by atoms with Gasteiger partial charge in [-0.2, -0.15) is 0 Å². The Bertz CT molecular complexity index is 692. The van der Waals surface area contributed by atoms with Crippen molar-refractivity contribution < 1.29 is 19.1 Å². The molecule has 0 fully saturated rings. The van der Waals surface area contributed by atoms with Crippen molar-refractivity contribution in [2.75, 3.05) is 14.2 Å². The maximum atomic E-state index is 11.2. The Morgan fingerprint density at radius 2 is 1.18 bits per heavy atom. The summed E-state index contributed by atoms with van der Waals surface area (Å²) in [5.41, 5.74) is 1.80. The van der Waals surface area contributed by atoms with Crippen LogP contribution in [0.1, 0.15) is 11.1 Å². The van der Waals surface area contributed by atoms with Crippen LogP contribution in [0.3, 0.4) is 0 Å². The van der Waals surface area contributed by atoms with Crippen molar-refractivity contribution in [3.63, 3.8) is 0 Å². The number of hydrogen-bond donors (Lipinski definition) is 0. The summed E-state index contributed by atoms with van der Waals surface area (Å²) < 4.78 is 9.19. The molecule has 0 aromatic heterocycles. The molecule has 0 amide bonds. The normalized spacial score (nSPS) is 11.2. The molecule has 0 N–H and O–H groups in total. The van der Waals surface area contributed by atoms with Crippen molar-refractivity contribution in [3.05, 3.63) is 59.7 Å². The van der Waals surface area contributed by atoms with Crippen LogP contribution in [0.2, 0.25) is 0 Å². The highest BCUT2D eigenvalue weighted by atomic mass is 16.5. The lowest BCUT2D eigenvalue weighted by molar-refractivity contribution is -0.135. The largest absolute Gasteiger partial charge is 0.466 e. The molecule has 0 aliphatic carbocycles. The second-order valence-electron chi connectivity index (χ2n) is 4.50. The zero-order chi connectivity index (χ0) is 15.9. The lowest BCUT2D eigenvalue weighted by Gasteiger charge is -2.06. The number of carbonyl (C=O) groups excluding carboxylic acids is 2. The van der Waals surface area contributed by atoms with Crippen molar-refractivity contribution in [1.29, 1.82) is 0 Å². The molecule has 0 heterocycles. The van der Waals surface area contributed by atoms with Gasteiger partial charge in [0.2, 0.25) is 0 Å². The molecule has 0 aliphatic heterocycles. The van der Waals surface area contributed by atoms with E-state index < -0.39 is 11.9 Å². The molecular formula is C18H16O4. The summed E-state index contributed by atoms with van der Waals surface area (Å²) in [5.74, 6) is -0.808. The zero-order valence-electron chi connectivity index (χ0n) is 12.4. The zero-order valence-corrected chi connectivity index (χ0v) is 12.4. The molecular weight excluding hydrogens is 280 g/mol. The van der Waals surface area contributed by atoms with Gasteiger partial charge >= 0.3 is 11.9 Å². The van der Waals surface area contributed by atoms with Crippen LogP contribution >= 0.6 is 0 Å². The highest BCUT2D eigenvalue weighted by molar-refractivity contribution is 6.00. The predicted molar refractivity (Wildman–Crippen MR) is 86.0 cm³/mol. The summed E-state index contributed by atoms with van der Waals surface area (Å²) in [4.78, 5) is 22.5. The number of ether oxygens (including phenoxy) is 2. The first-order valence-corrected chi connectivity index (χ1v) is 6.69. The monoisotopic (exact) mass is 296 g/mol. The standard InChI is InChI=1S/C18H16O4/c1-21-17(19)11-9-13-7-8-14(10-12-18(20)22-2)16-6-4-3-5-15(13)16/h3-12H,1-2H3. The summed E-state index contributed by atoms with van der Waals surface area (Å²) in [7, 11) is 2.68. The van der Waals surface area contributed by atoms with E-state index in [2.05, 4.69) is 9.47 Å². The van der Waals surface area contributed by atoms with E-state index in [-0.39, 0.29) is 0 Å². The Labute approximate surface area is 128 Å². The third kappa shape index (κ3) is 3.61. The number of benzene rings is 2. The van der Waals surface area contributed by atoms with Crippen LogP contribution in [0, 0.1) is 0 Å². The van der Waals surface area contributed by atoms with Gasteiger partial charge in [-0.15, -0.1) is 0 Å². The summed E-state index contributed by atoms with van der Waals surface area (Å²) >= 11 is 0. The smallest absolute Gasteiger partial charge is 0.330 e. The Balaban J connectivity index is 2.47. The van der Waals surface area contributed by atoms with Crippen molar-refractivity contribution >= 4 is 34.9 Å². The van der Waals surface area contributed by atoms with Crippen LogP contribution in [0.15, 0.2) is 48.6 Å². The number of rotatable bonds is 4. The fourth-order valence-corrected chi connectivity index (χ4v) is 2.09. The maximum absolute atomic E-state index is 11.2. The Hall–Kier alpha value is -2.88. The highest BCUT2D eigenvalue weighted by Crippen LogP contribution is 2.25. The van der Waals surface area contributed by atoms with E-state index >= 15 is 0 Å². The topological polar surface area (TPSA) is 52.6 Å². The number of methoxy groups -OCH3 is 2. The number of fused-ring (bicyclic) bond motifs is 1. The second-order valence-corrected chi connectivity index (χ2v) is 4.50. The van der Waals surface area contributed by atoms with Gasteiger partial charge in [0.1, 0.15) is 0 Å². The van der Waals surface area contributed by atoms with Gasteiger partial charge in [-0.25, -0.2) is 9.59 Å². The molecule has 22 heavy (non-hydrogen) atoms. The first kappa shape index (κ1) is 15.5. The first-order chi connectivity index (χ1) is 10.7. The summed E-state index contributed by atoms with van der Waals surface area (Å²) in [6, 6.07) is 11.5. The van der Waals surface area contributed by atoms with Gasteiger partial charge in [-0.05, 0) is 34.1 Å². The van der Waals surface area contributed by atoms with Gasteiger partial charge in [-0.1, -0.05) is 36.4 Å². The van der Waals surface area contributed by atoms with E-state index in [4.69, 9.17) is 0 Å². The summed E-state index contributed by atoms with van der Waals surface area (Å²) in [5, 5.41) is 1.96. The number of hydrogen-bond acceptors (Lipinski definition) is 4. The minimum Gasteiger partial charge on any atom is -0.466 e. The molecule has 0 bridgehead atoms. The van der Waals surface area contributed by atoms with Gasteiger partial charge in [0.25, 0.3) is 0 Å². The molecule has 0 unspecified atom stereocenters. The van der Waals surface area contributed by atoms with E-state index in [9.17, 15) is 9.59 Å². The first-order valence-electron chi connectivity index (χ1n) is 6.69. The Morgan fingerprint density at radius 1 is 0.773 bits per heavy atom. The van der Waals surface area contributed by atoms with Crippen LogP contribution in [0.4, 0.5) is 0 Å². The average Bonchev–Trinajstić information content (AvgIpc) is 2.57. The van der Waals surface area contributed by atoms with Crippen LogP contribution < -0.4 is 0 Å². The van der Waals surface area contributed by atoms with E-state index in [1.165, 1.54) is 26.4 Å². The van der Waals surface area contributed by atoms with Gasteiger partial charge in [-0.3, -0.25) is 0 Å². The third-order valence-corrected chi connectivity index (χ3v) is 3.19. The summed E-state index contributed by atoms with van der Waals surface area (Å²) in [6.45, 7) is 0. The van der Waals surface area contributed by atoms with Crippen molar-refractivity contribution in [2.24, 2.45) is 0 Å². The molecule has 0 spiro atoms. The van der Waals surface area contributed by atoms with Crippen LogP contribution in [0.25, 0.3) is 22.9 Å². The molecule has 112 valence electrons. The van der Waals surface area contributed by atoms with Gasteiger partial charge < -0.3 is 9.47 Å². The molecule has 2 aromatic rings. The van der Waals surface area contributed by atoms with E-state index in [1.54, 1.807) is 12.2 Å². The molecule has 4 nitrogen and oxygen atoms in total. The third-order valence-electron chi connectivity index (χ3n) is 3.19. The SMILES string of the molecule is COC(=O)C=Cc1ccc(C=CC(=O)OC)c2ccccc12. The molecule has 2 rings (SSSR count). The minimum absolute atomic E-state index is 0.404. The van der Waals surface area contributed by atoms with E-state index in [0.717, 1.165) is 21.9 Å². The number of carbonyl (C=O) groups is 2. The summed E-state index contributed by atoms with van der Waals surface area (Å²) in [6.07, 6.45) is 6.18. The van der Waals surface area contributed by atoms with E-state index in [0.29, 0.717) is 0 Å². The van der Waals surface area contributed by atoms with Gasteiger partial charge in [0.05, 0.1) is 14.2 Å². The molecule has 0 radical (unpaired) electrons. The van der Waals surface area contributed by atoms with Gasteiger partial charge in [0.15, 0.2) is 0 Å². The molecule has 0 saturated heterocycles. The molecule has 2 aromatic carbocycles. The predicted octanol–water partition coefficient (Wildman–Crippen LogP) is 3.21. The van der Waals surface area contributed by atoms with Crippen molar-refractivity contribution in [2.45, 2.75) is 0 Å².